The molecule has 3 heterocycles. The second kappa shape index (κ2) is 8.26. The minimum absolute atomic E-state index is 0.196. The molecule has 0 aromatic carbocycles. The number of hydrogen-bond donors (Lipinski definition) is 2. The maximum Gasteiger partial charge on any atom is 0.252 e. The number of rotatable bonds is 7. The van der Waals surface area contributed by atoms with Gasteiger partial charge in [-0.3, -0.25) is 4.79 Å². The minimum Gasteiger partial charge on any atom is -0.481 e. The normalized spacial score (nSPS) is 10.5. The van der Waals surface area contributed by atoms with Gasteiger partial charge in [-0.1, -0.05) is 0 Å². The van der Waals surface area contributed by atoms with Gasteiger partial charge in [-0.25, -0.2) is 19.6 Å². The van der Waals surface area contributed by atoms with Crippen LogP contribution in [0.3, 0.4) is 0 Å². The average Bonchev–Trinajstić information content (AvgIpc) is 3.03. The van der Waals surface area contributed by atoms with E-state index in [1.807, 2.05) is 26.0 Å². The zero-order valence-corrected chi connectivity index (χ0v) is 15.4. The van der Waals surface area contributed by atoms with E-state index in [1.54, 1.807) is 16.8 Å². The highest BCUT2D eigenvalue weighted by atomic mass is 16.5. The van der Waals surface area contributed by atoms with Crippen LogP contribution < -0.4 is 15.4 Å². The van der Waals surface area contributed by atoms with Gasteiger partial charge in [-0.15, -0.1) is 0 Å². The van der Waals surface area contributed by atoms with E-state index in [-0.39, 0.29) is 5.91 Å². The van der Waals surface area contributed by atoms with Gasteiger partial charge in [0.05, 0.1) is 18.4 Å². The lowest BCUT2D eigenvalue weighted by molar-refractivity contribution is 0.0954. The lowest BCUT2D eigenvalue weighted by Gasteiger charge is -2.09. The fourth-order valence-corrected chi connectivity index (χ4v) is 2.52. The van der Waals surface area contributed by atoms with Gasteiger partial charge in [-0.2, -0.15) is 5.10 Å². The van der Waals surface area contributed by atoms with E-state index in [4.69, 9.17) is 4.74 Å². The van der Waals surface area contributed by atoms with Crippen molar-refractivity contribution >= 4 is 11.7 Å². The van der Waals surface area contributed by atoms with Crippen LogP contribution in [-0.2, 0) is 0 Å². The number of aromatic nitrogens is 5. The third-order valence-electron chi connectivity index (χ3n) is 3.80. The number of carbonyl (C=O) groups excluding carboxylic acids is 1. The van der Waals surface area contributed by atoms with Crippen molar-refractivity contribution < 1.29 is 9.53 Å². The number of hydrogen-bond acceptors (Lipinski definition) is 7. The van der Waals surface area contributed by atoms with Crippen LogP contribution in [-0.4, -0.2) is 50.8 Å². The highest BCUT2D eigenvalue weighted by Crippen LogP contribution is 2.12. The number of nitrogens with one attached hydrogen (secondary N) is 2. The number of amides is 1. The van der Waals surface area contributed by atoms with Crippen LogP contribution >= 0.6 is 0 Å². The monoisotopic (exact) mass is 367 g/mol. The number of methoxy groups -OCH3 is 1. The summed E-state index contributed by atoms with van der Waals surface area (Å²) in [5.74, 6) is 1.62. The van der Waals surface area contributed by atoms with Crippen LogP contribution in [0.25, 0.3) is 5.82 Å². The molecule has 0 saturated heterocycles. The van der Waals surface area contributed by atoms with Gasteiger partial charge in [0.2, 0.25) is 5.88 Å². The predicted molar refractivity (Wildman–Crippen MR) is 100 cm³/mol. The number of nitrogens with zero attached hydrogens (tertiary/aromatic N) is 5. The summed E-state index contributed by atoms with van der Waals surface area (Å²) in [4.78, 5) is 24.5. The molecule has 0 atom stereocenters. The third-order valence-corrected chi connectivity index (χ3v) is 3.80. The SMILES string of the molecule is COc1ccc(C(=O)NCCNc2cc(-n3nc(C)cc3C)ncn2)cn1. The molecule has 140 valence electrons. The van der Waals surface area contributed by atoms with Crippen LogP contribution in [0, 0.1) is 13.8 Å². The molecule has 0 radical (unpaired) electrons. The molecule has 0 aliphatic carbocycles. The summed E-state index contributed by atoms with van der Waals surface area (Å²) in [6.45, 7) is 4.86. The maximum atomic E-state index is 12.1. The quantitative estimate of drug-likeness (QED) is 0.610. The molecule has 0 aliphatic heterocycles. The first-order valence-corrected chi connectivity index (χ1v) is 8.44. The number of aryl methyl sites for hydroxylation is 2. The third kappa shape index (κ3) is 4.57. The molecule has 2 N–H and O–H groups in total. The Labute approximate surface area is 156 Å². The number of pyridine rings is 1. The molecular formula is C18H21N7O2. The lowest BCUT2D eigenvalue weighted by atomic mass is 10.2. The summed E-state index contributed by atoms with van der Waals surface area (Å²) in [5, 5.41) is 10.4. The van der Waals surface area contributed by atoms with Gasteiger partial charge < -0.3 is 15.4 Å². The number of carbonyl (C=O) groups is 1. The second-order valence-electron chi connectivity index (χ2n) is 5.87. The Kier molecular flexibility index (Phi) is 5.60. The van der Waals surface area contributed by atoms with Crippen molar-refractivity contribution in [3.8, 4) is 11.7 Å². The Morgan fingerprint density at radius 2 is 2.00 bits per heavy atom. The molecule has 1 amide bonds. The van der Waals surface area contributed by atoms with E-state index < -0.39 is 0 Å². The van der Waals surface area contributed by atoms with Gasteiger partial charge in [0.1, 0.15) is 12.1 Å². The minimum atomic E-state index is -0.196. The Bertz CT molecular complexity index is 922. The first-order valence-electron chi connectivity index (χ1n) is 8.44. The Hall–Kier alpha value is -3.49. The highest BCUT2D eigenvalue weighted by molar-refractivity contribution is 5.93. The Balaban J connectivity index is 1.52. The van der Waals surface area contributed by atoms with Crippen molar-refractivity contribution in [3.05, 3.63) is 53.7 Å². The topological polar surface area (TPSA) is 107 Å². The Morgan fingerprint density at radius 3 is 2.67 bits per heavy atom. The summed E-state index contributed by atoms with van der Waals surface area (Å²) in [7, 11) is 1.53. The molecule has 27 heavy (non-hydrogen) atoms. The van der Waals surface area contributed by atoms with Crippen LogP contribution in [0.5, 0.6) is 5.88 Å². The number of anilines is 1. The number of ether oxygens (including phenoxy) is 1. The fourth-order valence-electron chi connectivity index (χ4n) is 2.52. The van der Waals surface area contributed by atoms with Crippen LogP contribution in [0.2, 0.25) is 0 Å². The van der Waals surface area contributed by atoms with Crippen molar-refractivity contribution in [2.75, 3.05) is 25.5 Å². The van der Waals surface area contributed by atoms with Crippen molar-refractivity contribution in [2.24, 2.45) is 0 Å². The molecular weight excluding hydrogens is 346 g/mol. The van der Waals surface area contributed by atoms with Crippen LogP contribution in [0.15, 0.2) is 36.8 Å². The summed E-state index contributed by atoms with van der Waals surface area (Å²) in [6.07, 6.45) is 2.96. The molecule has 9 nitrogen and oxygen atoms in total. The zero-order chi connectivity index (χ0) is 19.2. The highest BCUT2D eigenvalue weighted by Gasteiger charge is 2.08. The van der Waals surface area contributed by atoms with Gasteiger partial charge in [0.25, 0.3) is 5.91 Å². The van der Waals surface area contributed by atoms with Crippen LogP contribution in [0.4, 0.5) is 5.82 Å². The van der Waals surface area contributed by atoms with Crippen molar-refractivity contribution in [2.45, 2.75) is 13.8 Å². The average molecular weight is 367 g/mol. The first kappa shape index (κ1) is 18.3. The molecule has 0 spiro atoms. The smallest absolute Gasteiger partial charge is 0.252 e. The van der Waals surface area contributed by atoms with Gasteiger partial charge in [0.15, 0.2) is 5.82 Å². The van der Waals surface area contributed by atoms with Gasteiger partial charge in [-0.05, 0) is 26.0 Å². The van der Waals surface area contributed by atoms with Gasteiger partial charge >= 0.3 is 0 Å². The van der Waals surface area contributed by atoms with Crippen molar-refractivity contribution in [1.29, 1.82) is 0 Å². The molecule has 3 aromatic heterocycles. The fraction of sp³-hybridized carbons (Fsp3) is 0.278. The van der Waals surface area contributed by atoms with E-state index in [0.29, 0.717) is 36.2 Å². The van der Waals surface area contributed by atoms with E-state index in [1.165, 1.54) is 19.6 Å². The molecule has 0 fully saturated rings. The van der Waals surface area contributed by atoms with Gasteiger partial charge in [0, 0.05) is 37.1 Å². The molecule has 0 bridgehead atoms. The second-order valence-corrected chi connectivity index (χ2v) is 5.87. The molecule has 3 rings (SSSR count). The molecule has 0 unspecified atom stereocenters. The van der Waals surface area contributed by atoms with Crippen molar-refractivity contribution in [3.63, 3.8) is 0 Å². The summed E-state index contributed by atoms with van der Waals surface area (Å²) < 4.78 is 6.74. The summed E-state index contributed by atoms with van der Waals surface area (Å²) in [5.41, 5.74) is 2.40. The lowest BCUT2D eigenvalue weighted by Crippen LogP contribution is -2.29. The van der Waals surface area contributed by atoms with E-state index >= 15 is 0 Å². The molecule has 3 aromatic rings. The van der Waals surface area contributed by atoms with E-state index in [0.717, 1.165) is 11.4 Å². The predicted octanol–water partition coefficient (Wildman–Crippen LogP) is 1.52. The summed E-state index contributed by atoms with van der Waals surface area (Å²) >= 11 is 0. The summed E-state index contributed by atoms with van der Waals surface area (Å²) in [6, 6.07) is 7.11. The Morgan fingerprint density at radius 1 is 1.15 bits per heavy atom. The molecule has 9 heteroatoms. The van der Waals surface area contributed by atoms with E-state index in [2.05, 4.69) is 30.7 Å². The molecule has 0 aliphatic rings. The van der Waals surface area contributed by atoms with Crippen LogP contribution in [0.1, 0.15) is 21.7 Å². The molecule has 0 saturated carbocycles. The van der Waals surface area contributed by atoms with E-state index in [9.17, 15) is 4.79 Å². The first-order chi connectivity index (χ1) is 13.1. The largest absolute Gasteiger partial charge is 0.481 e. The zero-order valence-electron chi connectivity index (χ0n) is 15.4. The maximum absolute atomic E-state index is 12.1. The van der Waals surface area contributed by atoms with Crippen molar-refractivity contribution in [1.82, 2.24) is 30.0 Å². The standard InChI is InChI=1S/C18H21N7O2/c1-12-8-13(2)25(24-12)16-9-15(22-11-23-16)19-6-7-20-18(26)14-4-5-17(27-3)21-10-14/h4-5,8-11H,6-7H2,1-3H3,(H,20,26)(H,19,22,23).